The van der Waals surface area contributed by atoms with Gasteiger partial charge in [-0.15, -0.1) is 0 Å². The summed E-state index contributed by atoms with van der Waals surface area (Å²) in [6.07, 6.45) is 0.505. The zero-order valence-corrected chi connectivity index (χ0v) is 9.37. The Morgan fingerprint density at radius 1 is 1.53 bits per heavy atom. The quantitative estimate of drug-likeness (QED) is 0.796. The van der Waals surface area contributed by atoms with E-state index in [1.807, 2.05) is 20.8 Å². The molecule has 0 saturated carbocycles. The number of pyridine rings is 1. The first-order valence-corrected chi connectivity index (χ1v) is 5.02. The molecule has 4 nitrogen and oxygen atoms in total. The van der Waals surface area contributed by atoms with E-state index in [0.717, 1.165) is 5.69 Å². The van der Waals surface area contributed by atoms with Gasteiger partial charge in [0.15, 0.2) is 0 Å². The van der Waals surface area contributed by atoms with Crippen molar-refractivity contribution in [2.45, 2.75) is 27.2 Å². The molecule has 0 unspecified atom stereocenters. The van der Waals surface area contributed by atoms with E-state index in [-0.39, 0.29) is 5.91 Å². The summed E-state index contributed by atoms with van der Waals surface area (Å²) < 4.78 is 0. The summed E-state index contributed by atoms with van der Waals surface area (Å²) in [5, 5.41) is 2.74. The number of hydrogen-bond donors (Lipinski definition) is 2. The van der Waals surface area contributed by atoms with Gasteiger partial charge in [-0.2, -0.15) is 0 Å². The largest absolute Gasteiger partial charge is 0.397 e. The predicted octanol–water partition coefficient (Wildman–Crippen LogP) is 1.96. The third-order valence-electron chi connectivity index (χ3n) is 1.99. The summed E-state index contributed by atoms with van der Waals surface area (Å²) in [5.41, 5.74) is 6.99. The number of carbonyl (C=O) groups excluding carboxylic acids is 1. The van der Waals surface area contributed by atoms with Crippen molar-refractivity contribution in [3.05, 3.63) is 17.8 Å². The van der Waals surface area contributed by atoms with Crippen LogP contribution in [0.4, 0.5) is 11.5 Å². The van der Waals surface area contributed by atoms with Gasteiger partial charge in [-0.05, 0) is 25.0 Å². The molecule has 0 aromatic carbocycles. The average molecular weight is 207 g/mol. The highest BCUT2D eigenvalue weighted by Gasteiger charge is 2.06. The smallest absolute Gasteiger partial charge is 0.225 e. The van der Waals surface area contributed by atoms with Gasteiger partial charge in [0, 0.05) is 6.42 Å². The van der Waals surface area contributed by atoms with Gasteiger partial charge in [0.1, 0.15) is 5.82 Å². The van der Waals surface area contributed by atoms with Crippen LogP contribution in [0.5, 0.6) is 0 Å². The van der Waals surface area contributed by atoms with E-state index in [2.05, 4.69) is 10.3 Å². The van der Waals surface area contributed by atoms with Crippen LogP contribution in [0.25, 0.3) is 0 Å². The molecule has 1 amide bonds. The van der Waals surface area contributed by atoms with Crippen molar-refractivity contribution in [2.75, 3.05) is 11.1 Å². The molecule has 0 aliphatic heterocycles. The summed E-state index contributed by atoms with van der Waals surface area (Å²) in [7, 11) is 0. The predicted molar refractivity (Wildman–Crippen MR) is 61.5 cm³/mol. The minimum Gasteiger partial charge on any atom is -0.397 e. The fourth-order valence-corrected chi connectivity index (χ4v) is 1.21. The zero-order valence-electron chi connectivity index (χ0n) is 9.37. The number of amides is 1. The van der Waals surface area contributed by atoms with E-state index < -0.39 is 0 Å². The number of aryl methyl sites for hydroxylation is 1. The Kier molecular flexibility index (Phi) is 3.66. The SMILES string of the molecule is Cc1nc(NC(=O)CC(C)C)ccc1N. The normalized spacial score (nSPS) is 10.4. The van der Waals surface area contributed by atoms with Crippen molar-refractivity contribution in [1.82, 2.24) is 4.98 Å². The molecule has 82 valence electrons. The molecule has 0 aliphatic rings. The molecule has 0 radical (unpaired) electrons. The summed E-state index contributed by atoms with van der Waals surface area (Å²) in [6, 6.07) is 3.45. The summed E-state index contributed by atoms with van der Waals surface area (Å²) in [6.45, 7) is 5.82. The Morgan fingerprint density at radius 2 is 2.20 bits per heavy atom. The van der Waals surface area contributed by atoms with Gasteiger partial charge in [0.25, 0.3) is 0 Å². The lowest BCUT2D eigenvalue weighted by molar-refractivity contribution is -0.116. The Bertz CT molecular complexity index is 361. The lowest BCUT2D eigenvalue weighted by Gasteiger charge is -2.07. The molecular formula is C11H17N3O. The maximum absolute atomic E-state index is 11.4. The summed E-state index contributed by atoms with van der Waals surface area (Å²) in [4.78, 5) is 15.6. The van der Waals surface area contributed by atoms with Crippen molar-refractivity contribution in [3.63, 3.8) is 0 Å². The molecule has 1 rings (SSSR count). The summed E-state index contributed by atoms with van der Waals surface area (Å²) >= 11 is 0. The van der Waals surface area contributed by atoms with E-state index in [0.29, 0.717) is 23.8 Å². The molecule has 0 spiro atoms. The van der Waals surface area contributed by atoms with Crippen LogP contribution in [0.3, 0.4) is 0 Å². The Hall–Kier alpha value is -1.58. The molecule has 1 aromatic heterocycles. The molecule has 4 heteroatoms. The molecule has 0 bridgehead atoms. The van der Waals surface area contributed by atoms with Gasteiger partial charge in [-0.25, -0.2) is 4.98 Å². The van der Waals surface area contributed by atoms with E-state index in [4.69, 9.17) is 5.73 Å². The molecule has 0 saturated heterocycles. The van der Waals surface area contributed by atoms with E-state index in [1.54, 1.807) is 12.1 Å². The van der Waals surface area contributed by atoms with Gasteiger partial charge < -0.3 is 11.1 Å². The van der Waals surface area contributed by atoms with Gasteiger partial charge in [0.2, 0.25) is 5.91 Å². The van der Waals surface area contributed by atoms with Crippen LogP contribution in [0.2, 0.25) is 0 Å². The molecule has 1 aromatic rings. The Labute approximate surface area is 89.9 Å². The lowest BCUT2D eigenvalue weighted by atomic mass is 10.1. The first-order chi connectivity index (χ1) is 6.99. The fourth-order valence-electron chi connectivity index (χ4n) is 1.21. The number of nitrogen functional groups attached to an aromatic ring is 1. The minimum atomic E-state index is -0.0123. The molecule has 0 fully saturated rings. The van der Waals surface area contributed by atoms with Crippen LogP contribution in [0.1, 0.15) is 26.0 Å². The minimum absolute atomic E-state index is 0.0123. The van der Waals surface area contributed by atoms with Crippen molar-refractivity contribution >= 4 is 17.4 Å². The second-order valence-electron chi connectivity index (χ2n) is 4.02. The number of nitrogens with one attached hydrogen (secondary N) is 1. The number of carbonyl (C=O) groups is 1. The van der Waals surface area contributed by atoms with Crippen LogP contribution < -0.4 is 11.1 Å². The zero-order chi connectivity index (χ0) is 11.4. The fraction of sp³-hybridized carbons (Fsp3) is 0.455. The van der Waals surface area contributed by atoms with Crippen LogP contribution in [-0.2, 0) is 4.79 Å². The number of aromatic nitrogens is 1. The third kappa shape index (κ3) is 3.58. The second-order valence-corrected chi connectivity index (χ2v) is 4.02. The van der Waals surface area contributed by atoms with Crippen molar-refractivity contribution in [3.8, 4) is 0 Å². The van der Waals surface area contributed by atoms with Gasteiger partial charge in [-0.1, -0.05) is 13.8 Å². The maximum Gasteiger partial charge on any atom is 0.225 e. The second kappa shape index (κ2) is 4.77. The average Bonchev–Trinajstić information content (AvgIpc) is 2.10. The Balaban J connectivity index is 2.65. The van der Waals surface area contributed by atoms with Crippen LogP contribution in [-0.4, -0.2) is 10.9 Å². The highest BCUT2D eigenvalue weighted by molar-refractivity contribution is 5.89. The molecule has 1 heterocycles. The molecular weight excluding hydrogens is 190 g/mol. The van der Waals surface area contributed by atoms with Gasteiger partial charge in [0.05, 0.1) is 11.4 Å². The number of hydrogen-bond acceptors (Lipinski definition) is 3. The highest BCUT2D eigenvalue weighted by atomic mass is 16.1. The van der Waals surface area contributed by atoms with Gasteiger partial charge in [-0.3, -0.25) is 4.79 Å². The van der Waals surface area contributed by atoms with E-state index in [1.165, 1.54) is 0 Å². The number of nitrogens with two attached hydrogens (primary N) is 1. The first-order valence-electron chi connectivity index (χ1n) is 5.02. The monoisotopic (exact) mass is 207 g/mol. The lowest BCUT2D eigenvalue weighted by Crippen LogP contribution is -2.15. The topological polar surface area (TPSA) is 68.0 Å². The molecule has 0 atom stereocenters. The number of anilines is 2. The highest BCUT2D eigenvalue weighted by Crippen LogP contribution is 2.12. The number of rotatable bonds is 3. The van der Waals surface area contributed by atoms with Gasteiger partial charge >= 0.3 is 0 Å². The van der Waals surface area contributed by atoms with Crippen molar-refractivity contribution < 1.29 is 4.79 Å². The van der Waals surface area contributed by atoms with Crippen LogP contribution in [0.15, 0.2) is 12.1 Å². The Morgan fingerprint density at radius 3 is 2.73 bits per heavy atom. The maximum atomic E-state index is 11.4. The van der Waals surface area contributed by atoms with E-state index in [9.17, 15) is 4.79 Å². The third-order valence-corrected chi connectivity index (χ3v) is 1.99. The molecule has 0 aliphatic carbocycles. The molecule has 15 heavy (non-hydrogen) atoms. The van der Waals surface area contributed by atoms with E-state index >= 15 is 0 Å². The summed E-state index contributed by atoms with van der Waals surface area (Å²) in [5.74, 6) is 0.897. The first kappa shape index (κ1) is 11.5. The van der Waals surface area contributed by atoms with Crippen molar-refractivity contribution in [2.24, 2.45) is 5.92 Å². The van der Waals surface area contributed by atoms with Crippen LogP contribution >= 0.6 is 0 Å². The molecule has 3 N–H and O–H groups in total. The van der Waals surface area contributed by atoms with Crippen molar-refractivity contribution in [1.29, 1.82) is 0 Å². The van der Waals surface area contributed by atoms with Crippen LogP contribution in [0, 0.1) is 12.8 Å². The standard InChI is InChI=1S/C11H17N3O/c1-7(2)6-11(15)14-10-5-4-9(12)8(3)13-10/h4-5,7H,6,12H2,1-3H3,(H,13,14,15). The number of nitrogens with zero attached hydrogens (tertiary/aromatic N) is 1.